The van der Waals surface area contributed by atoms with Crippen LogP contribution >= 0.6 is 11.8 Å². The third-order valence-corrected chi connectivity index (χ3v) is 4.12. The number of benzene rings is 2. The molecule has 0 N–H and O–H groups in total. The van der Waals surface area contributed by atoms with Gasteiger partial charge in [0.05, 0.1) is 0 Å². The maximum Gasteiger partial charge on any atom is 0.191 e. The summed E-state index contributed by atoms with van der Waals surface area (Å²) < 4.78 is 13.2. The Morgan fingerprint density at radius 2 is 1.89 bits per heavy atom. The predicted octanol–water partition coefficient (Wildman–Crippen LogP) is 4.20. The first-order chi connectivity index (χ1) is 9.24. The number of halogens is 1. The third-order valence-electron chi connectivity index (χ3n) is 3.00. The van der Waals surface area contributed by atoms with Crippen LogP contribution in [0.4, 0.5) is 4.39 Å². The monoisotopic (exact) mass is 270 g/mol. The van der Waals surface area contributed by atoms with E-state index in [0.29, 0.717) is 16.9 Å². The molecule has 0 saturated carbocycles. The summed E-state index contributed by atoms with van der Waals surface area (Å²) in [5.41, 5.74) is 2.18. The molecule has 1 aliphatic rings. The fourth-order valence-corrected chi connectivity index (χ4v) is 3.05. The van der Waals surface area contributed by atoms with E-state index in [1.165, 1.54) is 12.1 Å². The van der Waals surface area contributed by atoms with Crippen LogP contribution in [0.25, 0.3) is 6.08 Å². The second kappa shape index (κ2) is 5.02. The van der Waals surface area contributed by atoms with Crippen LogP contribution in [0.5, 0.6) is 0 Å². The number of thioether (sulfide) groups is 1. The zero-order valence-electron chi connectivity index (χ0n) is 10.1. The van der Waals surface area contributed by atoms with Crippen LogP contribution in [-0.2, 0) is 0 Å². The number of hydrogen-bond acceptors (Lipinski definition) is 2. The first-order valence-electron chi connectivity index (χ1n) is 5.97. The Labute approximate surface area is 115 Å². The van der Waals surface area contributed by atoms with Crippen molar-refractivity contribution < 1.29 is 9.18 Å². The zero-order valence-corrected chi connectivity index (χ0v) is 10.9. The van der Waals surface area contributed by atoms with E-state index < -0.39 is 0 Å². The van der Waals surface area contributed by atoms with Crippen LogP contribution < -0.4 is 0 Å². The molecule has 0 spiro atoms. The smallest absolute Gasteiger partial charge is 0.191 e. The SMILES string of the molecule is O=C1C(=Cc2ccccc2)CSc2ccc(F)cc21. The molecule has 1 heterocycles. The van der Waals surface area contributed by atoms with Crippen LogP contribution in [0, 0.1) is 5.82 Å². The van der Waals surface area contributed by atoms with Gasteiger partial charge in [0.25, 0.3) is 0 Å². The van der Waals surface area contributed by atoms with Crippen molar-refractivity contribution in [1.82, 2.24) is 0 Å². The summed E-state index contributed by atoms with van der Waals surface area (Å²) in [6, 6.07) is 14.1. The molecule has 0 amide bonds. The van der Waals surface area contributed by atoms with Gasteiger partial charge in [-0.05, 0) is 29.8 Å². The van der Waals surface area contributed by atoms with Gasteiger partial charge >= 0.3 is 0 Å². The van der Waals surface area contributed by atoms with Gasteiger partial charge in [-0.15, -0.1) is 11.8 Å². The molecule has 0 saturated heterocycles. The molecule has 0 aliphatic carbocycles. The molecule has 2 aromatic carbocycles. The van der Waals surface area contributed by atoms with Gasteiger partial charge in [0.1, 0.15) is 5.82 Å². The molecular weight excluding hydrogens is 259 g/mol. The second-order valence-electron chi connectivity index (χ2n) is 4.34. The van der Waals surface area contributed by atoms with Gasteiger partial charge in [-0.25, -0.2) is 4.39 Å². The van der Waals surface area contributed by atoms with E-state index >= 15 is 0 Å². The number of carbonyl (C=O) groups excluding carboxylic acids is 1. The van der Waals surface area contributed by atoms with Gasteiger partial charge in [-0.2, -0.15) is 0 Å². The Morgan fingerprint density at radius 1 is 1.11 bits per heavy atom. The topological polar surface area (TPSA) is 17.1 Å². The summed E-state index contributed by atoms with van der Waals surface area (Å²) in [5.74, 6) is 0.192. The van der Waals surface area contributed by atoms with Gasteiger partial charge in [-0.3, -0.25) is 4.79 Å². The number of hydrogen-bond donors (Lipinski definition) is 0. The normalized spacial score (nSPS) is 16.5. The molecule has 3 rings (SSSR count). The number of Topliss-reactive ketones (excluding diaryl/α,β-unsaturated/α-hetero) is 1. The van der Waals surface area contributed by atoms with E-state index in [0.717, 1.165) is 10.5 Å². The molecular formula is C16H11FOS. The maximum absolute atomic E-state index is 13.2. The minimum atomic E-state index is -0.367. The lowest BCUT2D eigenvalue weighted by molar-refractivity contribution is 0.103. The van der Waals surface area contributed by atoms with E-state index in [4.69, 9.17) is 0 Å². The second-order valence-corrected chi connectivity index (χ2v) is 5.36. The Balaban J connectivity index is 2.00. The fourth-order valence-electron chi connectivity index (χ4n) is 2.06. The van der Waals surface area contributed by atoms with Crippen molar-refractivity contribution >= 4 is 23.6 Å². The van der Waals surface area contributed by atoms with Gasteiger partial charge in [-0.1, -0.05) is 30.3 Å². The average Bonchev–Trinajstić information content (AvgIpc) is 2.44. The van der Waals surface area contributed by atoms with E-state index in [1.807, 2.05) is 36.4 Å². The molecule has 0 bridgehead atoms. The molecule has 1 nitrogen and oxygen atoms in total. The summed E-state index contributed by atoms with van der Waals surface area (Å²) in [7, 11) is 0. The van der Waals surface area contributed by atoms with Crippen molar-refractivity contribution in [3.8, 4) is 0 Å². The summed E-state index contributed by atoms with van der Waals surface area (Å²) in [5, 5.41) is 0. The van der Waals surface area contributed by atoms with Crippen LogP contribution in [0.2, 0.25) is 0 Å². The number of fused-ring (bicyclic) bond motifs is 1. The molecule has 0 fully saturated rings. The van der Waals surface area contributed by atoms with Crippen LogP contribution in [0.1, 0.15) is 15.9 Å². The largest absolute Gasteiger partial charge is 0.289 e. The van der Waals surface area contributed by atoms with Crippen molar-refractivity contribution in [3.63, 3.8) is 0 Å². The minimum absolute atomic E-state index is 0.0721. The molecule has 0 radical (unpaired) electrons. The highest BCUT2D eigenvalue weighted by Crippen LogP contribution is 2.33. The molecule has 3 heteroatoms. The number of carbonyl (C=O) groups is 1. The Kier molecular flexibility index (Phi) is 3.22. The molecule has 94 valence electrons. The lowest BCUT2D eigenvalue weighted by Gasteiger charge is -2.16. The number of ketones is 1. The summed E-state index contributed by atoms with van der Waals surface area (Å²) in [6.07, 6.45) is 1.88. The molecule has 0 unspecified atom stereocenters. The summed E-state index contributed by atoms with van der Waals surface area (Å²) in [4.78, 5) is 13.2. The van der Waals surface area contributed by atoms with Crippen molar-refractivity contribution in [3.05, 3.63) is 71.0 Å². The molecule has 2 aromatic rings. The van der Waals surface area contributed by atoms with E-state index in [-0.39, 0.29) is 11.6 Å². The fraction of sp³-hybridized carbons (Fsp3) is 0.0625. The van der Waals surface area contributed by atoms with Gasteiger partial charge in [0.2, 0.25) is 0 Å². The standard InChI is InChI=1S/C16H11FOS/c17-13-6-7-15-14(9-13)16(18)12(10-19-15)8-11-4-2-1-3-5-11/h1-9H,10H2. The predicted molar refractivity (Wildman–Crippen MR) is 75.9 cm³/mol. The summed E-state index contributed by atoms with van der Waals surface area (Å²) >= 11 is 1.57. The zero-order chi connectivity index (χ0) is 13.2. The lowest BCUT2D eigenvalue weighted by atomic mass is 10.0. The molecule has 0 atom stereocenters. The van der Waals surface area contributed by atoms with Crippen molar-refractivity contribution in [1.29, 1.82) is 0 Å². The first-order valence-corrected chi connectivity index (χ1v) is 6.95. The lowest BCUT2D eigenvalue weighted by Crippen LogP contribution is -2.12. The van der Waals surface area contributed by atoms with Gasteiger partial charge in [0.15, 0.2) is 5.78 Å². The maximum atomic E-state index is 13.2. The van der Waals surface area contributed by atoms with Crippen molar-refractivity contribution in [2.75, 3.05) is 5.75 Å². The Bertz CT molecular complexity index is 662. The van der Waals surface area contributed by atoms with Crippen molar-refractivity contribution in [2.24, 2.45) is 0 Å². The molecule has 19 heavy (non-hydrogen) atoms. The Hall–Kier alpha value is -1.87. The van der Waals surface area contributed by atoms with Gasteiger partial charge in [0, 0.05) is 21.8 Å². The van der Waals surface area contributed by atoms with Gasteiger partial charge < -0.3 is 0 Å². The first kappa shape index (κ1) is 12.2. The van der Waals surface area contributed by atoms with Crippen LogP contribution in [0.3, 0.4) is 0 Å². The highest BCUT2D eigenvalue weighted by Gasteiger charge is 2.22. The van der Waals surface area contributed by atoms with Crippen LogP contribution in [-0.4, -0.2) is 11.5 Å². The average molecular weight is 270 g/mol. The highest BCUT2D eigenvalue weighted by molar-refractivity contribution is 7.99. The molecule has 1 aliphatic heterocycles. The van der Waals surface area contributed by atoms with Crippen molar-refractivity contribution in [2.45, 2.75) is 4.90 Å². The van der Waals surface area contributed by atoms with E-state index in [2.05, 4.69) is 0 Å². The number of rotatable bonds is 1. The molecule has 0 aromatic heterocycles. The van der Waals surface area contributed by atoms with E-state index in [9.17, 15) is 9.18 Å². The third kappa shape index (κ3) is 2.47. The van der Waals surface area contributed by atoms with E-state index in [1.54, 1.807) is 17.8 Å². The van der Waals surface area contributed by atoms with Crippen LogP contribution in [0.15, 0.2) is 59.0 Å². The summed E-state index contributed by atoms with van der Waals surface area (Å²) in [6.45, 7) is 0. The Morgan fingerprint density at radius 3 is 2.68 bits per heavy atom. The minimum Gasteiger partial charge on any atom is -0.289 e. The quantitative estimate of drug-likeness (QED) is 0.722. The highest BCUT2D eigenvalue weighted by atomic mass is 32.2.